The molecule has 0 bridgehead atoms. The number of hydrogen-bond donors (Lipinski definition) is 2. The van der Waals surface area contributed by atoms with Gasteiger partial charge in [-0.25, -0.2) is 0 Å². The van der Waals surface area contributed by atoms with Crippen LogP contribution >= 0.6 is 0 Å². The monoisotopic (exact) mass is 358 g/mol. The van der Waals surface area contributed by atoms with E-state index in [0.29, 0.717) is 12.5 Å². The van der Waals surface area contributed by atoms with Crippen molar-refractivity contribution in [3.05, 3.63) is 23.8 Å². The van der Waals surface area contributed by atoms with Crippen molar-refractivity contribution in [1.82, 2.24) is 5.32 Å². The van der Waals surface area contributed by atoms with Crippen LogP contribution in [0.15, 0.2) is 18.2 Å². The number of nitriles is 1. The Morgan fingerprint density at radius 1 is 1.35 bits per heavy atom. The van der Waals surface area contributed by atoms with Crippen LogP contribution in [0.25, 0.3) is 0 Å². The quantitative estimate of drug-likeness (QED) is 0.769. The highest BCUT2D eigenvalue weighted by Gasteiger charge is 2.44. The second kappa shape index (κ2) is 7.55. The van der Waals surface area contributed by atoms with Crippen LogP contribution in [0, 0.1) is 17.2 Å². The summed E-state index contributed by atoms with van der Waals surface area (Å²) in [5, 5.41) is 12.4. The Balaban J connectivity index is 1.70. The highest BCUT2D eigenvalue weighted by Crippen LogP contribution is 2.39. The Labute approximate surface area is 155 Å². The third-order valence-electron chi connectivity index (χ3n) is 5.71. The summed E-state index contributed by atoms with van der Waals surface area (Å²) in [5.74, 6) is 1.81. The first kappa shape index (κ1) is 18.5. The molecule has 1 amide bonds. The van der Waals surface area contributed by atoms with Gasteiger partial charge in [-0.2, -0.15) is 5.26 Å². The summed E-state index contributed by atoms with van der Waals surface area (Å²) in [6, 6.07) is 8.38. The summed E-state index contributed by atoms with van der Waals surface area (Å²) >= 11 is 0. The molecule has 1 saturated heterocycles. The van der Waals surface area contributed by atoms with E-state index < -0.39 is 5.54 Å². The lowest BCUT2D eigenvalue weighted by Crippen LogP contribution is -3.11. The number of methoxy groups -OCH3 is 2. The molecular weight excluding hydrogens is 330 g/mol. The molecule has 1 saturated carbocycles. The molecule has 2 fully saturated rings. The van der Waals surface area contributed by atoms with Gasteiger partial charge in [-0.15, -0.1) is 0 Å². The van der Waals surface area contributed by atoms with E-state index >= 15 is 0 Å². The van der Waals surface area contributed by atoms with Gasteiger partial charge in [-0.1, -0.05) is 0 Å². The minimum absolute atomic E-state index is 0.0460. The molecule has 1 unspecified atom stereocenters. The highest BCUT2D eigenvalue weighted by atomic mass is 16.5. The summed E-state index contributed by atoms with van der Waals surface area (Å²) < 4.78 is 10.8. The zero-order chi connectivity index (χ0) is 18.7. The van der Waals surface area contributed by atoms with Gasteiger partial charge < -0.3 is 19.7 Å². The second-order valence-electron chi connectivity index (χ2n) is 7.52. The summed E-state index contributed by atoms with van der Waals surface area (Å²) in [4.78, 5) is 13.8. The van der Waals surface area contributed by atoms with Crippen LogP contribution in [0.1, 0.15) is 44.2 Å². The molecule has 6 heteroatoms. The number of carbonyl (C=O) groups excluding carboxylic acids is 1. The van der Waals surface area contributed by atoms with Gasteiger partial charge in [0.1, 0.15) is 23.1 Å². The standard InChI is InChI=1S/C20H27N3O3/c1-20(13-21,14-6-7-14)22-19(24)12-23-10-4-5-17(23)16-9-8-15(25-2)11-18(16)26-3/h8-9,11,14,17H,4-7,10,12H2,1-3H3,(H,22,24)/p+1/t17-,20-/m1/s1. The summed E-state index contributed by atoms with van der Waals surface area (Å²) in [6.45, 7) is 3.16. The number of nitrogens with zero attached hydrogens (tertiary/aromatic N) is 1. The number of amides is 1. The van der Waals surface area contributed by atoms with Crippen molar-refractivity contribution in [2.24, 2.45) is 5.92 Å². The summed E-state index contributed by atoms with van der Waals surface area (Å²) in [6.07, 6.45) is 4.13. The Morgan fingerprint density at radius 3 is 2.73 bits per heavy atom. The Morgan fingerprint density at radius 2 is 2.12 bits per heavy atom. The van der Waals surface area contributed by atoms with Gasteiger partial charge in [-0.05, 0) is 37.8 Å². The van der Waals surface area contributed by atoms with E-state index in [2.05, 4.69) is 11.4 Å². The van der Waals surface area contributed by atoms with Gasteiger partial charge in [0.15, 0.2) is 6.54 Å². The van der Waals surface area contributed by atoms with E-state index in [-0.39, 0.29) is 11.9 Å². The van der Waals surface area contributed by atoms with Crippen LogP contribution in [-0.2, 0) is 4.79 Å². The Kier molecular flexibility index (Phi) is 5.38. The zero-order valence-corrected chi connectivity index (χ0v) is 15.8. The number of rotatable bonds is 7. The molecule has 1 aromatic carbocycles. The molecular formula is C20H28N3O3+. The number of quaternary nitrogens is 1. The fourth-order valence-electron chi connectivity index (χ4n) is 4.03. The first-order valence-electron chi connectivity index (χ1n) is 9.29. The second-order valence-corrected chi connectivity index (χ2v) is 7.52. The molecule has 0 radical (unpaired) electrons. The lowest BCUT2D eigenvalue weighted by atomic mass is 9.98. The molecule has 0 aromatic heterocycles. The third-order valence-corrected chi connectivity index (χ3v) is 5.71. The predicted molar refractivity (Wildman–Crippen MR) is 97.1 cm³/mol. The van der Waals surface area contributed by atoms with Gasteiger partial charge >= 0.3 is 0 Å². The normalized spacial score (nSPS) is 24.4. The summed E-state index contributed by atoms with van der Waals surface area (Å²) in [5.41, 5.74) is 0.377. The molecule has 2 aliphatic rings. The Hall–Kier alpha value is -2.26. The van der Waals surface area contributed by atoms with Gasteiger partial charge in [0.25, 0.3) is 5.91 Å². The van der Waals surface area contributed by atoms with E-state index in [1.807, 2.05) is 25.1 Å². The molecule has 3 atom stereocenters. The van der Waals surface area contributed by atoms with Crippen LogP contribution in [0.4, 0.5) is 0 Å². The lowest BCUT2D eigenvalue weighted by Gasteiger charge is -2.26. The maximum atomic E-state index is 12.6. The molecule has 1 aliphatic carbocycles. The number of hydrogen-bond acceptors (Lipinski definition) is 4. The minimum Gasteiger partial charge on any atom is -0.497 e. The fourth-order valence-corrected chi connectivity index (χ4v) is 4.03. The zero-order valence-electron chi connectivity index (χ0n) is 15.8. The molecule has 0 spiro atoms. The van der Waals surface area contributed by atoms with Crippen LogP contribution in [0.2, 0.25) is 0 Å². The number of nitrogens with one attached hydrogen (secondary N) is 2. The van der Waals surface area contributed by atoms with Crippen molar-refractivity contribution in [3.63, 3.8) is 0 Å². The van der Waals surface area contributed by atoms with Crippen LogP contribution < -0.4 is 19.7 Å². The molecule has 26 heavy (non-hydrogen) atoms. The van der Waals surface area contributed by atoms with E-state index in [1.54, 1.807) is 14.2 Å². The van der Waals surface area contributed by atoms with E-state index in [4.69, 9.17) is 9.47 Å². The average Bonchev–Trinajstić information content (AvgIpc) is 3.42. The van der Waals surface area contributed by atoms with Crippen LogP contribution in [0.5, 0.6) is 11.5 Å². The van der Waals surface area contributed by atoms with E-state index in [9.17, 15) is 10.1 Å². The molecule has 1 heterocycles. The van der Waals surface area contributed by atoms with Gasteiger partial charge in [0.05, 0.1) is 32.4 Å². The number of ether oxygens (including phenoxy) is 2. The fraction of sp³-hybridized carbons (Fsp3) is 0.600. The number of likely N-dealkylation sites (tertiary alicyclic amines) is 1. The van der Waals surface area contributed by atoms with Gasteiger partial charge in [0, 0.05) is 18.9 Å². The third kappa shape index (κ3) is 3.78. The van der Waals surface area contributed by atoms with Crippen molar-refractivity contribution >= 4 is 5.91 Å². The van der Waals surface area contributed by atoms with E-state index in [0.717, 1.165) is 49.3 Å². The topological polar surface area (TPSA) is 75.8 Å². The molecule has 1 aliphatic heterocycles. The van der Waals surface area contributed by atoms with Crippen molar-refractivity contribution in [2.45, 2.75) is 44.2 Å². The maximum absolute atomic E-state index is 12.6. The highest BCUT2D eigenvalue weighted by molar-refractivity contribution is 5.78. The number of carbonyl (C=O) groups is 1. The Bertz CT molecular complexity index is 711. The van der Waals surface area contributed by atoms with E-state index in [1.165, 1.54) is 4.90 Å². The van der Waals surface area contributed by atoms with Crippen molar-refractivity contribution in [2.75, 3.05) is 27.3 Å². The molecule has 2 N–H and O–H groups in total. The first-order chi connectivity index (χ1) is 12.5. The smallest absolute Gasteiger partial charge is 0.276 e. The predicted octanol–water partition coefficient (Wildman–Crippen LogP) is 1.23. The molecule has 1 aromatic rings. The summed E-state index contributed by atoms with van der Waals surface area (Å²) in [7, 11) is 3.30. The molecule has 6 nitrogen and oxygen atoms in total. The maximum Gasteiger partial charge on any atom is 0.276 e. The largest absolute Gasteiger partial charge is 0.497 e. The van der Waals surface area contributed by atoms with Gasteiger partial charge in [-0.3, -0.25) is 4.79 Å². The van der Waals surface area contributed by atoms with Crippen molar-refractivity contribution < 1.29 is 19.2 Å². The first-order valence-corrected chi connectivity index (χ1v) is 9.29. The average molecular weight is 358 g/mol. The SMILES string of the molecule is COc1ccc([C@H]2CCC[NH+]2CC(=O)N[C@](C)(C#N)C2CC2)c(OC)c1. The van der Waals surface area contributed by atoms with Crippen molar-refractivity contribution in [3.8, 4) is 17.6 Å². The van der Waals surface area contributed by atoms with Crippen LogP contribution in [0.3, 0.4) is 0 Å². The van der Waals surface area contributed by atoms with Crippen molar-refractivity contribution in [1.29, 1.82) is 5.26 Å². The minimum atomic E-state index is -0.733. The lowest BCUT2D eigenvalue weighted by molar-refractivity contribution is -0.910. The van der Waals surface area contributed by atoms with Crippen LogP contribution in [-0.4, -0.2) is 38.8 Å². The number of benzene rings is 1. The molecule has 3 rings (SSSR count). The van der Waals surface area contributed by atoms with Gasteiger partial charge in [0.2, 0.25) is 0 Å². The molecule has 140 valence electrons.